The van der Waals surface area contributed by atoms with Gasteiger partial charge < -0.3 is 15.0 Å². The summed E-state index contributed by atoms with van der Waals surface area (Å²) in [5, 5.41) is 14.4. The zero-order chi connectivity index (χ0) is 25.6. The fourth-order valence-corrected chi connectivity index (χ4v) is 5.56. The standard InChI is InChI=1S/C23H29ClN4O6S/c1-17-6-8-19(15-20(17)28(30)31)35(32,33)27(21-14-18(24)7-9-22(21)34-2)16-23(29)25-10-5-13-26-11-3-4-12-26/h6-9,14-15H,3-5,10-13,16H2,1-2H3,(H,25,29). The van der Waals surface area contributed by atoms with Crippen molar-refractivity contribution in [3.8, 4) is 5.75 Å². The van der Waals surface area contributed by atoms with Gasteiger partial charge in [-0.2, -0.15) is 0 Å². The highest BCUT2D eigenvalue weighted by molar-refractivity contribution is 7.92. The highest BCUT2D eigenvalue weighted by atomic mass is 35.5. The number of hydrogen-bond acceptors (Lipinski definition) is 7. The first-order valence-electron chi connectivity index (χ1n) is 11.2. The minimum atomic E-state index is -4.39. The number of hydrogen-bond donors (Lipinski definition) is 1. The number of carbonyl (C=O) groups excluding carboxylic acids is 1. The molecule has 0 spiro atoms. The fourth-order valence-electron chi connectivity index (χ4n) is 3.95. The van der Waals surface area contributed by atoms with Crippen molar-refractivity contribution in [3.05, 3.63) is 57.1 Å². The number of nitro benzene ring substituents is 1. The molecule has 2 aromatic carbocycles. The Morgan fingerprint density at radius 3 is 2.60 bits per heavy atom. The SMILES string of the molecule is COc1ccc(Cl)cc1N(CC(=O)NCCCN1CCCC1)S(=O)(=O)c1ccc(C)c([N+](=O)[O-])c1. The number of sulfonamides is 1. The summed E-state index contributed by atoms with van der Waals surface area (Å²) in [5.41, 5.74) is 0.0301. The molecule has 2 aromatic rings. The van der Waals surface area contributed by atoms with E-state index in [1.807, 2.05) is 0 Å². The van der Waals surface area contributed by atoms with Crippen molar-refractivity contribution in [2.75, 3.05) is 44.1 Å². The number of halogens is 1. The largest absolute Gasteiger partial charge is 0.495 e. The average molecular weight is 525 g/mol. The zero-order valence-corrected chi connectivity index (χ0v) is 21.3. The lowest BCUT2D eigenvalue weighted by molar-refractivity contribution is -0.385. The van der Waals surface area contributed by atoms with E-state index in [9.17, 15) is 23.3 Å². The number of carbonyl (C=O) groups is 1. The molecular weight excluding hydrogens is 496 g/mol. The lowest BCUT2D eigenvalue weighted by atomic mass is 10.2. The second-order valence-corrected chi connectivity index (χ2v) is 10.6. The summed E-state index contributed by atoms with van der Waals surface area (Å²) in [6.07, 6.45) is 3.10. The smallest absolute Gasteiger partial charge is 0.273 e. The summed E-state index contributed by atoms with van der Waals surface area (Å²) in [4.78, 5) is 25.6. The Labute approximate surface area is 210 Å². The lowest BCUT2D eigenvalue weighted by Gasteiger charge is -2.26. The third-order valence-electron chi connectivity index (χ3n) is 5.83. The number of amides is 1. The van der Waals surface area contributed by atoms with Crippen LogP contribution in [0.1, 0.15) is 24.8 Å². The maximum absolute atomic E-state index is 13.7. The molecule has 1 N–H and O–H groups in total. The van der Waals surface area contributed by atoms with Crippen LogP contribution < -0.4 is 14.4 Å². The summed E-state index contributed by atoms with van der Waals surface area (Å²) < 4.78 is 33.5. The van der Waals surface area contributed by atoms with Gasteiger partial charge >= 0.3 is 0 Å². The second-order valence-electron chi connectivity index (χ2n) is 8.29. The molecular formula is C23H29ClN4O6S. The van der Waals surface area contributed by atoms with Gasteiger partial charge in [0.2, 0.25) is 5.91 Å². The van der Waals surface area contributed by atoms with Crippen molar-refractivity contribution in [2.24, 2.45) is 0 Å². The van der Waals surface area contributed by atoms with Crippen LogP contribution in [0.3, 0.4) is 0 Å². The number of rotatable bonds is 11. The van der Waals surface area contributed by atoms with E-state index in [1.54, 1.807) is 0 Å². The molecule has 0 atom stereocenters. The molecule has 0 aromatic heterocycles. The number of likely N-dealkylation sites (tertiary alicyclic amines) is 1. The van der Waals surface area contributed by atoms with Crippen molar-refractivity contribution < 1.29 is 22.9 Å². The molecule has 1 fully saturated rings. The van der Waals surface area contributed by atoms with Crippen LogP contribution in [0.25, 0.3) is 0 Å². The highest BCUT2D eigenvalue weighted by Crippen LogP contribution is 2.35. The Hall–Kier alpha value is -2.89. The third-order valence-corrected chi connectivity index (χ3v) is 7.82. The number of nitrogens with zero attached hydrogens (tertiary/aromatic N) is 3. The number of aryl methyl sites for hydroxylation is 1. The van der Waals surface area contributed by atoms with Crippen LogP contribution in [0, 0.1) is 17.0 Å². The minimum Gasteiger partial charge on any atom is -0.495 e. The minimum absolute atomic E-state index is 0.0513. The van der Waals surface area contributed by atoms with Crippen molar-refractivity contribution in [3.63, 3.8) is 0 Å². The van der Waals surface area contributed by atoms with Gasteiger partial charge in [0.05, 0.1) is 22.6 Å². The van der Waals surface area contributed by atoms with Gasteiger partial charge in [0, 0.05) is 23.2 Å². The van der Waals surface area contributed by atoms with E-state index in [4.69, 9.17) is 16.3 Å². The molecule has 1 amide bonds. The van der Waals surface area contributed by atoms with Gasteiger partial charge in [-0.3, -0.25) is 19.2 Å². The van der Waals surface area contributed by atoms with Gasteiger partial charge in [0.25, 0.3) is 15.7 Å². The number of methoxy groups -OCH3 is 1. The van der Waals surface area contributed by atoms with E-state index in [-0.39, 0.29) is 27.0 Å². The Bertz CT molecular complexity index is 1180. The van der Waals surface area contributed by atoms with E-state index in [0.717, 1.165) is 36.4 Å². The molecule has 1 saturated heterocycles. The predicted octanol–water partition coefficient (Wildman–Crippen LogP) is 3.36. The fraction of sp³-hybridized carbons (Fsp3) is 0.435. The molecule has 190 valence electrons. The van der Waals surface area contributed by atoms with Crippen LogP contribution in [0.15, 0.2) is 41.3 Å². The van der Waals surface area contributed by atoms with Gasteiger partial charge in [0.15, 0.2) is 0 Å². The number of ether oxygens (including phenoxy) is 1. The molecule has 0 unspecified atom stereocenters. The second kappa shape index (κ2) is 11.7. The van der Waals surface area contributed by atoms with Gasteiger partial charge in [-0.15, -0.1) is 0 Å². The van der Waals surface area contributed by atoms with E-state index >= 15 is 0 Å². The molecule has 10 nitrogen and oxygen atoms in total. The van der Waals surface area contributed by atoms with Crippen molar-refractivity contribution >= 4 is 38.9 Å². The van der Waals surface area contributed by atoms with Crippen molar-refractivity contribution in [1.82, 2.24) is 10.2 Å². The molecule has 1 aliphatic rings. The van der Waals surface area contributed by atoms with Crippen LogP contribution in [0.2, 0.25) is 5.02 Å². The Kier molecular flexibility index (Phi) is 8.92. The lowest BCUT2D eigenvalue weighted by Crippen LogP contribution is -2.41. The predicted molar refractivity (Wildman–Crippen MR) is 134 cm³/mol. The normalized spacial score (nSPS) is 14.0. The quantitative estimate of drug-likeness (QED) is 0.271. The van der Waals surface area contributed by atoms with E-state index in [0.29, 0.717) is 12.1 Å². The van der Waals surface area contributed by atoms with Crippen molar-refractivity contribution in [1.29, 1.82) is 0 Å². The first-order valence-corrected chi connectivity index (χ1v) is 13.1. The first-order chi connectivity index (χ1) is 16.6. The molecule has 0 saturated carbocycles. The van der Waals surface area contributed by atoms with Gasteiger partial charge in [-0.25, -0.2) is 8.42 Å². The first kappa shape index (κ1) is 26.7. The number of nitrogens with one attached hydrogen (secondary N) is 1. The molecule has 12 heteroatoms. The van der Waals surface area contributed by atoms with Crippen LogP contribution in [0.5, 0.6) is 5.75 Å². The summed E-state index contributed by atoms with van der Waals surface area (Å²) in [5.74, 6) is -0.333. The maximum atomic E-state index is 13.7. The zero-order valence-electron chi connectivity index (χ0n) is 19.7. The topological polar surface area (TPSA) is 122 Å². The van der Waals surface area contributed by atoms with Crippen LogP contribution in [0.4, 0.5) is 11.4 Å². The Balaban J connectivity index is 1.88. The maximum Gasteiger partial charge on any atom is 0.273 e. The number of anilines is 1. The molecule has 0 bridgehead atoms. The van der Waals surface area contributed by atoms with Gasteiger partial charge in [-0.1, -0.05) is 17.7 Å². The van der Waals surface area contributed by atoms with Crippen LogP contribution >= 0.6 is 11.6 Å². The van der Waals surface area contributed by atoms with E-state index in [1.165, 1.54) is 57.2 Å². The summed E-state index contributed by atoms with van der Waals surface area (Å²) in [6, 6.07) is 8.02. The highest BCUT2D eigenvalue weighted by Gasteiger charge is 2.31. The Morgan fingerprint density at radius 1 is 1.23 bits per heavy atom. The Morgan fingerprint density at radius 2 is 1.94 bits per heavy atom. The number of benzene rings is 2. The molecule has 1 heterocycles. The summed E-state index contributed by atoms with van der Waals surface area (Å²) >= 11 is 6.13. The molecule has 0 aliphatic carbocycles. The molecule has 1 aliphatic heterocycles. The van der Waals surface area contributed by atoms with Crippen molar-refractivity contribution in [2.45, 2.75) is 31.1 Å². The van der Waals surface area contributed by atoms with E-state index < -0.39 is 27.4 Å². The van der Waals surface area contributed by atoms with Crippen LogP contribution in [-0.4, -0.2) is 64.0 Å². The van der Waals surface area contributed by atoms with Gasteiger partial charge in [-0.05, 0) is 70.1 Å². The summed E-state index contributed by atoms with van der Waals surface area (Å²) in [6.45, 7) is 4.32. The molecule has 35 heavy (non-hydrogen) atoms. The van der Waals surface area contributed by atoms with Gasteiger partial charge in [0.1, 0.15) is 12.3 Å². The van der Waals surface area contributed by atoms with E-state index in [2.05, 4.69) is 10.2 Å². The van der Waals surface area contributed by atoms with Crippen LogP contribution in [-0.2, 0) is 14.8 Å². The average Bonchev–Trinajstić information content (AvgIpc) is 3.33. The molecule has 3 rings (SSSR count). The number of nitro groups is 1. The molecule has 0 radical (unpaired) electrons. The summed E-state index contributed by atoms with van der Waals surface area (Å²) in [7, 11) is -3.03. The third kappa shape index (κ3) is 6.62. The monoisotopic (exact) mass is 524 g/mol.